The summed E-state index contributed by atoms with van der Waals surface area (Å²) in [5.41, 5.74) is 7.11. The van der Waals surface area contributed by atoms with Gasteiger partial charge in [-0.1, -0.05) is 23.2 Å². The highest BCUT2D eigenvalue weighted by Gasteiger charge is 2.18. The fourth-order valence-corrected chi connectivity index (χ4v) is 1.49. The average Bonchev–Trinajstić information content (AvgIpc) is 2.35. The van der Waals surface area contributed by atoms with Crippen molar-refractivity contribution in [2.24, 2.45) is 5.73 Å². The van der Waals surface area contributed by atoms with Gasteiger partial charge < -0.3 is 5.73 Å². The van der Waals surface area contributed by atoms with E-state index in [0.29, 0.717) is 11.1 Å². The smallest absolute Gasteiger partial charge is 0.0434 e. The van der Waals surface area contributed by atoms with Crippen LogP contribution in [0.5, 0.6) is 0 Å². The number of halogens is 2. The zero-order valence-electron chi connectivity index (χ0n) is 6.26. The lowest BCUT2D eigenvalue weighted by atomic mass is 10.3. The molecule has 0 unspecified atom stereocenters. The van der Waals surface area contributed by atoms with Crippen LogP contribution in [0.4, 0.5) is 0 Å². The Labute approximate surface area is 76.9 Å². The summed E-state index contributed by atoms with van der Waals surface area (Å²) in [5, 5.41) is 0.681. The summed E-state index contributed by atoms with van der Waals surface area (Å²) in [6, 6.07) is 0.315. The van der Waals surface area contributed by atoms with E-state index in [2.05, 4.69) is 4.90 Å². The van der Waals surface area contributed by atoms with Crippen LogP contribution in [-0.2, 0) is 0 Å². The molecule has 0 aromatic carbocycles. The summed E-state index contributed by atoms with van der Waals surface area (Å²) in [7, 11) is 0. The lowest BCUT2D eigenvalue weighted by Crippen LogP contribution is -2.27. The van der Waals surface area contributed by atoms with E-state index in [4.69, 9.17) is 28.9 Å². The molecule has 0 aromatic rings. The second kappa shape index (κ2) is 4.31. The first-order valence-electron chi connectivity index (χ1n) is 3.65. The first kappa shape index (κ1) is 9.33. The lowest BCUT2D eigenvalue weighted by Gasteiger charge is -2.13. The van der Waals surface area contributed by atoms with Crippen LogP contribution in [0.15, 0.2) is 10.6 Å². The summed E-state index contributed by atoms with van der Waals surface area (Å²) < 4.78 is 0. The summed E-state index contributed by atoms with van der Waals surface area (Å²) >= 11 is 11.2. The Hall–Kier alpha value is 0.240. The molecule has 64 valence electrons. The molecule has 1 aliphatic heterocycles. The number of likely N-dealkylation sites (tertiary alicyclic amines) is 1. The molecule has 11 heavy (non-hydrogen) atoms. The number of nitrogens with zero attached hydrogens (tertiary/aromatic N) is 1. The van der Waals surface area contributed by atoms with Crippen molar-refractivity contribution >= 4 is 23.2 Å². The molecule has 0 aliphatic carbocycles. The topological polar surface area (TPSA) is 29.3 Å². The van der Waals surface area contributed by atoms with Crippen LogP contribution in [0.3, 0.4) is 0 Å². The van der Waals surface area contributed by atoms with Gasteiger partial charge in [0.05, 0.1) is 0 Å². The summed E-state index contributed by atoms with van der Waals surface area (Å²) in [4.78, 5) is 2.20. The van der Waals surface area contributed by atoms with Gasteiger partial charge in [-0.2, -0.15) is 0 Å². The molecule has 1 saturated heterocycles. The molecule has 0 amide bonds. The molecule has 0 saturated carbocycles. The predicted octanol–water partition coefficient (Wildman–Crippen LogP) is 1.34. The van der Waals surface area contributed by atoms with Crippen LogP contribution in [-0.4, -0.2) is 30.6 Å². The minimum absolute atomic E-state index is 0.315. The normalized spacial score (nSPS) is 27.9. The Kier molecular flexibility index (Phi) is 3.66. The molecule has 1 fully saturated rings. The second-order valence-electron chi connectivity index (χ2n) is 2.84. The molecule has 1 aliphatic rings. The third-order valence-corrected chi connectivity index (χ3v) is 2.41. The Balaban J connectivity index is 2.28. The van der Waals surface area contributed by atoms with Gasteiger partial charge in [0.15, 0.2) is 0 Å². The van der Waals surface area contributed by atoms with Crippen molar-refractivity contribution in [1.82, 2.24) is 4.90 Å². The van der Waals surface area contributed by atoms with Crippen molar-refractivity contribution in [2.45, 2.75) is 12.5 Å². The molecule has 2 N–H and O–H groups in total. The Morgan fingerprint density at radius 3 is 2.91 bits per heavy atom. The molecular weight excluding hydrogens is 183 g/mol. The van der Waals surface area contributed by atoms with Gasteiger partial charge in [-0.05, 0) is 6.42 Å². The van der Waals surface area contributed by atoms with Crippen molar-refractivity contribution in [2.75, 3.05) is 19.6 Å². The summed E-state index contributed by atoms with van der Waals surface area (Å²) in [5.74, 6) is 0. The molecule has 0 spiro atoms. The maximum absolute atomic E-state index is 5.74. The Morgan fingerprint density at radius 1 is 1.73 bits per heavy atom. The molecular formula is C7H12Cl2N2. The van der Waals surface area contributed by atoms with E-state index in [1.807, 2.05) is 0 Å². The third-order valence-electron chi connectivity index (χ3n) is 1.80. The zero-order chi connectivity index (χ0) is 8.27. The fourth-order valence-electron chi connectivity index (χ4n) is 1.25. The standard InChI is InChI=1S/C7H12Cl2N2/c8-3-6(9)4-11-2-1-7(10)5-11/h3,7H,1-2,4-5,10H2/t7-/m1/s1. The Morgan fingerprint density at radius 2 is 2.45 bits per heavy atom. The summed E-state index contributed by atoms with van der Waals surface area (Å²) in [6.07, 6.45) is 1.06. The van der Waals surface area contributed by atoms with E-state index in [1.165, 1.54) is 5.54 Å². The van der Waals surface area contributed by atoms with E-state index in [1.54, 1.807) is 0 Å². The lowest BCUT2D eigenvalue weighted by molar-refractivity contribution is 0.369. The van der Waals surface area contributed by atoms with E-state index >= 15 is 0 Å². The Bertz CT molecular complexity index is 159. The van der Waals surface area contributed by atoms with Gasteiger partial charge in [-0.25, -0.2) is 0 Å². The molecule has 0 radical (unpaired) electrons. The molecule has 0 bridgehead atoms. The molecule has 2 nitrogen and oxygen atoms in total. The van der Waals surface area contributed by atoms with Gasteiger partial charge in [0.2, 0.25) is 0 Å². The number of rotatable bonds is 2. The predicted molar refractivity (Wildman–Crippen MR) is 48.8 cm³/mol. The van der Waals surface area contributed by atoms with Crippen molar-refractivity contribution in [3.63, 3.8) is 0 Å². The van der Waals surface area contributed by atoms with Crippen LogP contribution in [0.25, 0.3) is 0 Å². The molecule has 1 heterocycles. The highest BCUT2D eigenvalue weighted by molar-refractivity contribution is 6.36. The largest absolute Gasteiger partial charge is 0.326 e. The van der Waals surface area contributed by atoms with Gasteiger partial charge in [-0.3, -0.25) is 4.90 Å². The van der Waals surface area contributed by atoms with Crippen LogP contribution >= 0.6 is 23.2 Å². The van der Waals surface area contributed by atoms with Gasteiger partial charge in [0.1, 0.15) is 0 Å². The van der Waals surface area contributed by atoms with Crippen molar-refractivity contribution < 1.29 is 0 Å². The van der Waals surface area contributed by atoms with E-state index in [0.717, 1.165) is 26.1 Å². The molecule has 1 atom stereocenters. The first-order valence-corrected chi connectivity index (χ1v) is 4.46. The van der Waals surface area contributed by atoms with Gasteiger partial charge in [0.25, 0.3) is 0 Å². The minimum atomic E-state index is 0.315. The number of hydrogen-bond acceptors (Lipinski definition) is 2. The van der Waals surface area contributed by atoms with Crippen molar-refractivity contribution in [3.8, 4) is 0 Å². The highest BCUT2D eigenvalue weighted by Crippen LogP contribution is 2.12. The molecule has 4 heteroatoms. The SMILES string of the molecule is N[C@@H]1CCN(CC(Cl)=CCl)C1. The average molecular weight is 195 g/mol. The second-order valence-corrected chi connectivity index (χ2v) is 3.54. The third kappa shape index (κ3) is 2.99. The van der Waals surface area contributed by atoms with E-state index in [9.17, 15) is 0 Å². The minimum Gasteiger partial charge on any atom is -0.326 e. The van der Waals surface area contributed by atoms with Crippen LogP contribution < -0.4 is 5.73 Å². The van der Waals surface area contributed by atoms with Crippen molar-refractivity contribution in [3.05, 3.63) is 10.6 Å². The van der Waals surface area contributed by atoms with E-state index < -0.39 is 0 Å². The maximum Gasteiger partial charge on any atom is 0.0434 e. The summed E-state index contributed by atoms with van der Waals surface area (Å²) in [6.45, 7) is 2.70. The van der Waals surface area contributed by atoms with Gasteiger partial charge >= 0.3 is 0 Å². The highest BCUT2D eigenvalue weighted by atomic mass is 35.5. The van der Waals surface area contributed by atoms with Crippen LogP contribution in [0.1, 0.15) is 6.42 Å². The molecule has 0 aromatic heterocycles. The van der Waals surface area contributed by atoms with Crippen LogP contribution in [0.2, 0.25) is 0 Å². The van der Waals surface area contributed by atoms with Gasteiger partial charge in [-0.15, -0.1) is 0 Å². The fraction of sp³-hybridized carbons (Fsp3) is 0.714. The zero-order valence-corrected chi connectivity index (χ0v) is 7.78. The van der Waals surface area contributed by atoms with Gasteiger partial charge in [0, 0.05) is 36.2 Å². The quantitative estimate of drug-likeness (QED) is 0.720. The number of hydrogen-bond donors (Lipinski definition) is 1. The van der Waals surface area contributed by atoms with Crippen molar-refractivity contribution in [1.29, 1.82) is 0 Å². The van der Waals surface area contributed by atoms with E-state index in [-0.39, 0.29) is 0 Å². The molecule has 1 rings (SSSR count). The maximum atomic E-state index is 5.74. The number of nitrogens with two attached hydrogens (primary N) is 1. The van der Waals surface area contributed by atoms with Crippen LogP contribution in [0, 0.1) is 0 Å². The first-order chi connectivity index (χ1) is 5.22. The monoisotopic (exact) mass is 194 g/mol.